The van der Waals surface area contributed by atoms with Crippen molar-refractivity contribution in [2.24, 2.45) is 10.5 Å². The summed E-state index contributed by atoms with van der Waals surface area (Å²) < 4.78 is 9.44. The van der Waals surface area contributed by atoms with Crippen LogP contribution >= 0.6 is 0 Å². The van der Waals surface area contributed by atoms with Gasteiger partial charge in [-0.05, 0) is 51.0 Å². The van der Waals surface area contributed by atoms with Crippen molar-refractivity contribution in [3.8, 4) is 0 Å². The molecule has 2 aliphatic rings. The van der Waals surface area contributed by atoms with Gasteiger partial charge in [-0.1, -0.05) is 49.3 Å². The Bertz CT molecular complexity index is 893. The molecule has 168 valence electrons. The highest BCUT2D eigenvalue weighted by Crippen LogP contribution is 2.25. The summed E-state index contributed by atoms with van der Waals surface area (Å²) in [4.78, 5) is 20.6. The highest BCUT2D eigenvalue weighted by atomic mass is 16.6. The number of amides is 1. The summed E-state index contributed by atoms with van der Waals surface area (Å²) in [6, 6.07) is 2.60. The van der Waals surface area contributed by atoms with Crippen LogP contribution in [0.25, 0.3) is 0 Å². The Balaban J connectivity index is 0.000000221. The molecule has 0 spiro atoms. The maximum atomic E-state index is 11.0. The molecule has 0 N–H and O–H groups in total. The van der Waals surface area contributed by atoms with Crippen LogP contribution in [0.2, 0.25) is 0 Å². The van der Waals surface area contributed by atoms with E-state index in [1.165, 1.54) is 42.3 Å². The van der Waals surface area contributed by atoms with Crippen LogP contribution in [0.3, 0.4) is 0 Å². The van der Waals surface area contributed by atoms with E-state index in [9.17, 15) is 14.9 Å². The fraction of sp³-hybridized carbons (Fsp3) is 0.478. The molecule has 31 heavy (non-hydrogen) atoms. The Morgan fingerprint density at radius 3 is 2.65 bits per heavy atom. The predicted octanol–water partition coefficient (Wildman–Crippen LogP) is 6.01. The molecule has 1 aliphatic carbocycles. The molecule has 1 aromatic heterocycles. The van der Waals surface area contributed by atoms with Gasteiger partial charge in [-0.3, -0.25) is 10.1 Å². The second kappa shape index (κ2) is 11.3. The third-order valence-corrected chi connectivity index (χ3v) is 4.87. The molecule has 0 saturated carbocycles. The topological polar surface area (TPSA) is 98.2 Å². The largest absolute Gasteiger partial charge is 0.446 e. The molecule has 3 rings (SSSR count). The van der Waals surface area contributed by atoms with Gasteiger partial charge in [-0.2, -0.15) is 10.1 Å². The highest BCUT2D eigenvalue weighted by molar-refractivity contribution is 5.78. The van der Waals surface area contributed by atoms with Crippen molar-refractivity contribution in [1.29, 1.82) is 0 Å². The van der Waals surface area contributed by atoms with E-state index in [4.69, 9.17) is 4.42 Å². The second-order valence-corrected chi connectivity index (χ2v) is 8.35. The summed E-state index contributed by atoms with van der Waals surface area (Å²) in [5, 5.41) is 15.2. The molecule has 1 amide bonds. The molecule has 1 fully saturated rings. The summed E-state index contributed by atoms with van der Waals surface area (Å²) in [5.74, 6) is -0.170. The molecule has 1 aliphatic heterocycles. The smallest absolute Gasteiger partial charge is 0.433 e. The second-order valence-electron chi connectivity index (χ2n) is 8.35. The number of hydrogen-bond donors (Lipinski definition) is 0. The third kappa shape index (κ3) is 8.62. The quantitative estimate of drug-likeness (QED) is 0.254. The number of cyclic esters (lactones) is 1. The van der Waals surface area contributed by atoms with E-state index in [1.807, 2.05) is 0 Å². The molecular weight excluding hydrogens is 398 g/mol. The number of hydrazone groups is 1. The van der Waals surface area contributed by atoms with Crippen molar-refractivity contribution >= 4 is 18.2 Å². The third-order valence-electron chi connectivity index (χ3n) is 4.87. The fourth-order valence-electron chi connectivity index (χ4n) is 2.93. The number of carbonyl (C=O) groups excluding carboxylic acids is 1. The number of rotatable bonds is 3. The molecular formula is C23H31N3O5. The van der Waals surface area contributed by atoms with Crippen molar-refractivity contribution in [2.75, 3.05) is 13.2 Å². The first-order valence-electron chi connectivity index (χ1n) is 10.4. The maximum Gasteiger partial charge on any atom is 0.433 e. The first kappa shape index (κ1) is 24.1. The number of carbonyl (C=O) groups is 1. The van der Waals surface area contributed by atoms with E-state index in [0.29, 0.717) is 12.0 Å². The minimum atomic E-state index is -0.651. The molecule has 8 nitrogen and oxygen atoms in total. The van der Waals surface area contributed by atoms with E-state index in [-0.39, 0.29) is 18.3 Å². The van der Waals surface area contributed by atoms with Gasteiger partial charge in [0.2, 0.25) is 0 Å². The van der Waals surface area contributed by atoms with Crippen molar-refractivity contribution < 1.29 is 18.9 Å². The lowest BCUT2D eigenvalue weighted by Gasteiger charge is -2.18. The SMILES string of the molecule is CC1=CCCC(C)=CCC(C)(C)C=CC1.O=C1OCCN1N=Cc1ccc([N+](=O)[O-])o1. The van der Waals surface area contributed by atoms with E-state index >= 15 is 0 Å². The van der Waals surface area contributed by atoms with Crippen molar-refractivity contribution in [3.05, 3.63) is 63.5 Å². The molecule has 2 heterocycles. The molecule has 0 unspecified atom stereocenters. The Hall–Kier alpha value is -3.16. The number of allylic oxidation sites excluding steroid dienone is 6. The van der Waals surface area contributed by atoms with Gasteiger partial charge < -0.3 is 9.15 Å². The molecule has 1 aromatic rings. The lowest BCUT2D eigenvalue weighted by Crippen LogP contribution is -2.17. The van der Waals surface area contributed by atoms with Gasteiger partial charge in [0.05, 0.1) is 18.8 Å². The van der Waals surface area contributed by atoms with E-state index in [1.54, 1.807) is 0 Å². The summed E-state index contributed by atoms with van der Waals surface area (Å²) in [7, 11) is 0. The number of nitrogens with zero attached hydrogens (tertiary/aromatic N) is 3. The summed E-state index contributed by atoms with van der Waals surface area (Å²) in [6.45, 7) is 9.75. The Morgan fingerprint density at radius 1 is 1.23 bits per heavy atom. The number of ether oxygens (including phenoxy) is 1. The van der Waals surface area contributed by atoms with Gasteiger partial charge in [0.1, 0.15) is 11.5 Å². The van der Waals surface area contributed by atoms with Crippen molar-refractivity contribution in [2.45, 2.75) is 53.4 Å². The van der Waals surface area contributed by atoms with Gasteiger partial charge in [-0.25, -0.2) is 4.79 Å². The van der Waals surface area contributed by atoms with Gasteiger partial charge >= 0.3 is 12.0 Å². The van der Waals surface area contributed by atoms with Crippen LogP contribution < -0.4 is 0 Å². The maximum absolute atomic E-state index is 11.0. The summed E-state index contributed by atoms with van der Waals surface area (Å²) in [5.41, 5.74) is 3.34. The monoisotopic (exact) mass is 429 g/mol. The summed E-state index contributed by atoms with van der Waals surface area (Å²) in [6.07, 6.45) is 14.8. The zero-order valence-corrected chi connectivity index (χ0v) is 18.7. The molecule has 1 saturated heterocycles. The lowest BCUT2D eigenvalue weighted by atomic mass is 9.87. The van der Waals surface area contributed by atoms with Gasteiger partial charge in [0.15, 0.2) is 5.76 Å². The minimum absolute atomic E-state index is 0.200. The molecule has 8 heteroatoms. The zero-order valence-electron chi connectivity index (χ0n) is 18.7. The average molecular weight is 430 g/mol. The molecule has 0 radical (unpaired) electrons. The average Bonchev–Trinajstić information content (AvgIpc) is 3.33. The van der Waals surface area contributed by atoms with Crippen molar-refractivity contribution in [3.63, 3.8) is 0 Å². The van der Waals surface area contributed by atoms with Gasteiger partial charge in [0, 0.05) is 0 Å². The molecule has 0 bridgehead atoms. The number of furan rings is 1. The lowest BCUT2D eigenvalue weighted by molar-refractivity contribution is -0.402. The highest BCUT2D eigenvalue weighted by Gasteiger charge is 2.21. The van der Waals surface area contributed by atoms with Gasteiger partial charge in [0.25, 0.3) is 0 Å². The van der Waals surface area contributed by atoms with E-state index in [0.717, 1.165) is 17.9 Å². The first-order valence-corrected chi connectivity index (χ1v) is 10.4. The Kier molecular flexibility index (Phi) is 8.78. The zero-order chi connectivity index (χ0) is 22.9. The molecule has 0 atom stereocenters. The standard InChI is InChI=1S/C15H24.C8H7N3O5/c1-13-7-5-8-14(2)10-12-15(3,4)11-6-9-13;12-8-10(3-4-15-8)9-5-6-1-2-7(16-6)11(13)14/h6-7,10-11H,5,8-9,12H2,1-4H3;1-2,5H,3-4H2. The number of hydrogen-bond acceptors (Lipinski definition) is 6. The van der Waals surface area contributed by atoms with Crippen LogP contribution in [0.1, 0.15) is 59.1 Å². The number of nitro groups is 1. The fourth-order valence-corrected chi connectivity index (χ4v) is 2.93. The van der Waals surface area contributed by atoms with Crippen LogP contribution in [0.15, 0.2) is 57.1 Å². The van der Waals surface area contributed by atoms with Crippen LogP contribution in [-0.4, -0.2) is 35.4 Å². The first-order chi connectivity index (χ1) is 14.7. The Labute approximate surface area is 183 Å². The van der Waals surface area contributed by atoms with E-state index < -0.39 is 11.0 Å². The van der Waals surface area contributed by atoms with E-state index in [2.05, 4.69) is 61.8 Å². The minimum Gasteiger partial charge on any atom is -0.446 e. The summed E-state index contributed by atoms with van der Waals surface area (Å²) >= 11 is 0. The molecule has 0 aromatic carbocycles. The van der Waals surface area contributed by atoms with Crippen LogP contribution in [0.5, 0.6) is 0 Å². The van der Waals surface area contributed by atoms with Crippen LogP contribution in [0, 0.1) is 15.5 Å². The predicted molar refractivity (Wildman–Crippen MR) is 120 cm³/mol. The van der Waals surface area contributed by atoms with Crippen LogP contribution in [-0.2, 0) is 4.74 Å². The Morgan fingerprint density at radius 2 is 2.00 bits per heavy atom. The van der Waals surface area contributed by atoms with Crippen LogP contribution in [0.4, 0.5) is 10.7 Å². The normalized spacial score (nSPS) is 19.1. The van der Waals surface area contributed by atoms with Crippen molar-refractivity contribution in [1.82, 2.24) is 5.01 Å². The van der Waals surface area contributed by atoms with Gasteiger partial charge in [-0.15, -0.1) is 0 Å².